The first-order chi connectivity index (χ1) is 13.1. The zero-order valence-electron chi connectivity index (χ0n) is 16.1. The van der Waals surface area contributed by atoms with Gasteiger partial charge in [0.15, 0.2) is 5.72 Å². The standard InChI is InChI=1S/C23H27ClN2O/c1-3-4-5-8-15-23(2)26-21(19-9-6-7-10-22(19)27-23)16-20(25-26)17-11-13-18(24)14-12-17/h6-7,9-14,21H,3-5,8,15-16H2,1-2H3/t21-,23+/m1/s1. The predicted octanol–water partition coefficient (Wildman–Crippen LogP) is 6.57. The Morgan fingerprint density at radius 1 is 1.11 bits per heavy atom. The predicted molar refractivity (Wildman–Crippen MR) is 111 cm³/mol. The maximum atomic E-state index is 6.51. The number of para-hydroxylation sites is 1. The van der Waals surface area contributed by atoms with Gasteiger partial charge in [-0.15, -0.1) is 0 Å². The third-order valence-corrected chi connectivity index (χ3v) is 5.93. The lowest BCUT2D eigenvalue weighted by Gasteiger charge is -2.46. The lowest BCUT2D eigenvalue weighted by atomic mass is 9.93. The third-order valence-electron chi connectivity index (χ3n) is 5.67. The molecule has 0 radical (unpaired) electrons. The van der Waals surface area contributed by atoms with Crippen molar-refractivity contribution in [2.75, 3.05) is 0 Å². The summed E-state index contributed by atoms with van der Waals surface area (Å²) in [6.07, 6.45) is 6.79. The molecule has 0 saturated carbocycles. The Hall–Kier alpha value is -2.00. The van der Waals surface area contributed by atoms with Gasteiger partial charge in [0.2, 0.25) is 0 Å². The molecule has 0 aromatic heterocycles. The minimum Gasteiger partial charge on any atom is -0.466 e. The normalized spacial score (nSPS) is 23.4. The van der Waals surface area contributed by atoms with Crippen molar-refractivity contribution >= 4 is 17.3 Å². The minimum atomic E-state index is -0.402. The highest BCUT2D eigenvalue weighted by Gasteiger charge is 2.47. The van der Waals surface area contributed by atoms with E-state index in [4.69, 9.17) is 21.4 Å². The second-order valence-electron chi connectivity index (χ2n) is 7.74. The molecule has 142 valence electrons. The summed E-state index contributed by atoms with van der Waals surface area (Å²) in [6.45, 7) is 4.43. The second-order valence-corrected chi connectivity index (χ2v) is 8.18. The Bertz CT molecular complexity index is 833. The summed E-state index contributed by atoms with van der Waals surface area (Å²) in [7, 11) is 0. The van der Waals surface area contributed by atoms with Crippen LogP contribution in [0.1, 0.15) is 69.5 Å². The molecule has 2 heterocycles. The van der Waals surface area contributed by atoms with Crippen molar-refractivity contribution in [1.82, 2.24) is 5.01 Å². The van der Waals surface area contributed by atoms with Gasteiger partial charge in [-0.1, -0.05) is 68.1 Å². The largest absolute Gasteiger partial charge is 0.466 e. The van der Waals surface area contributed by atoms with Crippen LogP contribution >= 0.6 is 11.6 Å². The molecular weight excluding hydrogens is 356 g/mol. The van der Waals surface area contributed by atoms with Crippen molar-refractivity contribution in [3.63, 3.8) is 0 Å². The minimum absolute atomic E-state index is 0.233. The fourth-order valence-corrected chi connectivity index (χ4v) is 4.31. The lowest BCUT2D eigenvalue weighted by Crippen LogP contribution is -2.51. The van der Waals surface area contributed by atoms with E-state index in [9.17, 15) is 0 Å². The van der Waals surface area contributed by atoms with Gasteiger partial charge < -0.3 is 4.74 Å². The quantitative estimate of drug-likeness (QED) is 0.528. The van der Waals surface area contributed by atoms with Crippen LogP contribution < -0.4 is 4.74 Å². The van der Waals surface area contributed by atoms with Gasteiger partial charge in [0.1, 0.15) is 5.75 Å². The van der Waals surface area contributed by atoms with E-state index in [1.807, 2.05) is 12.1 Å². The second kappa shape index (κ2) is 7.55. The van der Waals surface area contributed by atoms with Crippen LogP contribution in [0.3, 0.4) is 0 Å². The smallest absolute Gasteiger partial charge is 0.195 e. The van der Waals surface area contributed by atoms with Crippen LogP contribution in [0.5, 0.6) is 5.75 Å². The van der Waals surface area contributed by atoms with Gasteiger partial charge in [0.05, 0.1) is 11.8 Å². The molecule has 0 aliphatic carbocycles. The van der Waals surface area contributed by atoms with Crippen LogP contribution in [0.2, 0.25) is 5.02 Å². The van der Waals surface area contributed by atoms with Gasteiger partial charge in [-0.25, -0.2) is 5.01 Å². The molecule has 2 atom stereocenters. The number of benzene rings is 2. The van der Waals surface area contributed by atoms with Crippen LogP contribution in [0.15, 0.2) is 53.6 Å². The number of hydrazone groups is 1. The van der Waals surface area contributed by atoms with Crippen LogP contribution in [-0.4, -0.2) is 16.4 Å². The fourth-order valence-electron chi connectivity index (χ4n) is 4.18. The average molecular weight is 383 g/mol. The monoisotopic (exact) mass is 382 g/mol. The summed E-state index contributed by atoms with van der Waals surface area (Å²) in [5.41, 5.74) is 3.08. The van der Waals surface area contributed by atoms with Crippen LogP contribution in [0.4, 0.5) is 0 Å². The molecule has 4 heteroatoms. The Morgan fingerprint density at radius 3 is 2.67 bits per heavy atom. The van der Waals surface area contributed by atoms with Gasteiger partial charge >= 0.3 is 0 Å². The van der Waals surface area contributed by atoms with E-state index < -0.39 is 5.72 Å². The number of nitrogens with zero attached hydrogens (tertiary/aromatic N) is 2. The molecule has 0 fully saturated rings. The maximum absolute atomic E-state index is 6.51. The van der Waals surface area contributed by atoms with Crippen molar-refractivity contribution in [3.05, 3.63) is 64.7 Å². The lowest BCUT2D eigenvalue weighted by molar-refractivity contribution is -0.112. The molecule has 0 amide bonds. The summed E-state index contributed by atoms with van der Waals surface area (Å²) >= 11 is 6.07. The van der Waals surface area contributed by atoms with Crippen LogP contribution in [-0.2, 0) is 0 Å². The Morgan fingerprint density at radius 2 is 1.89 bits per heavy atom. The SMILES string of the molecule is CCCCCC[C@]1(C)Oc2ccccc2[C@H]2CC(c3ccc(Cl)cc3)=NN21. The van der Waals surface area contributed by atoms with Gasteiger partial charge in [0, 0.05) is 23.4 Å². The third kappa shape index (κ3) is 3.58. The Labute approximate surface area is 167 Å². The average Bonchev–Trinajstić information content (AvgIpc) is 3.13. The van der Waals surface area contributed by atoms with Crippen molar-refractivity contribution in [2.45, 2.75) is 64.1 Å². The van der Waals surface area contributed by atoms with Crippen molar-refractivity contribution in [1.29, 1.82) is 0 Å². The van der Waals surface area contributed by atoms with Crippen molar-refractivity contribution < 1.29 is 4.74 Å². The molecule has 0 bridgehead atoms. The molecule has 0 N–H and O–H groups in total. The highest BCUT2D eigenvalue weighted by molar-refractivity contribution is 6.30. The van der Waals surface area contributed by atoms with Gasteiger partial charge in [0.25, 0.3) is 0 Å². The van der Waals surface area contributed by atoms with E-state index in [0.29, 0.717) is 0 Å². The van der Waals surface area contributed by atoms with E-state index in [0.717, 1.165) is 41.3 Å². The van der Waals surface area contributed by atoms with Crippen molar-refractivity contribution in [2.24, 2.45) is 5.10 Å². The fraction of sp³-hybridized carbons (Fsp3) is 0.435. The van der Waals surface area contributed by atoms with E-state index >= 15 is 0 Å². The van der Waals surface area contributed by atoms with Gasteiger partial charge in [-0.3, -0.25) is 0 Å². The number of ether oxygens (including phenoxy) is 1. The zero-order chi connectivity index (χ0) is 18.9. The maximum Gasteiger partial charge on any atom is 0.195 e. The number of hydrogen-bond donors (Lipinski definition) is 0. The van der Waals surface area contributed by atoms with E-state index in [1.165, 1.54) is 24.8 Å². The van der Waals surface area contributed by atoms with Gasteiger partial charge in [-0.2, -0.15) is 5.10 Å². The molecule has 2 aliphatic heterocycles. The molecule has 0 saturated heterocycles. The first-order valence-corrected chi connectivity index (χ1v) is 10.4. The molecule has 0 spiro atoms. The number of rotatable bonds is 6. The highest BCUT2D eigenvalue weighted by Crippen LogP contribution is 2.48. The van der Waals surface area contributed by atoms with Crippen molar-refractivity contribution in [3.8, 4) is 5.75 Å². The Balaban J connectivity index is 1.65. The first kappa shape index (κ1) is 18.4. The molecular formula is C23H27ClN2O. The zero-order valence-corrected chi connectivity index (χ0v) is 16.9. The molecule has 0 unspecified atom stereocenters. The number of hydrogen-bond acceptors (Lipinski definition) is 3. The summed E-state index contributed by atoms with van der Waals surface area (Å²) in [5.74, 6) is 1.00. The number of fused-ring (bicyclic) bond motifs is 3. The molecule has 2 aliphatic rings. The van der Waals surface area contributed by atoms with E-state index in [2.05, 4.69) is 55.3 Å². The molecule has 27 heavy (non-hydrogen) atoms. The van der Waals surface area contributed by atoms with E-state index in [-0.39, 0.29) is 6.04 Å². The topological polar surface area (TPSA) is 24.8 Å². The van der Waals surface area contributed by atoms with E-state index in [1.54, 1.807) is 0 Å². The number of halogens is 1. The van der Waals surface area contributed by atoms with Gasteiger partial charge in [-0.05, 0) is 37.1 Å². The first-order valence-electron chi connectivity index (χ1n) is 10.0. The summed E-state index contributed by atoms with van der Waals surface area (Å²) < 4.78 is 6.51. The molecule has 4 rings (SSSR count). The summed E-state index contributed by atoms with van der Waals surface area (Å²) in [5, 5.41) is 8.01. The highest BCUT2D eigenvalue weighted by atomic mass is 35.5. The molecule has 2 aromatic rings. The number of unbranched alkanes of at least 4 members (excludes halogenated alkanes) is 3. The Kier molecular flexibility index (Phi) is 5.14. The van der Waals surface area contributed by atoms with Crippen LogP contribution in [0, 0.1) is 0 Å². The summed E-state index contributed by atoms with van der Waals surface area (Å²) in [4.78, 5) is 0. The summed E-state index contributed by atoms with van der Waals surface area (Å²) in [6, 6.07) is 16.6. The van der Waals surface area contributed by atoms with Crippen LogP contribution in [0.25, 0.3) is 0 Å². The molecule has 2 aromatic carbocycles. The molecule has 3 nitrogen and oxygen atoms in total.